The van der Waals surface area contributed by atoms with E-state index in [0.29, 0.717) is 11.6 Å². The third-order valence-electron chi connectivity index (χ3n) is 3.76. The molecule has 0 saturated carbocycles. The van der Waals surface area contributed by atoms with Crippen molar-refractivity contribution in [3.05, 3.63) is 46.7 Å². The number of aryl methyl sites for hydroxylation is 2. The molecular formula is C15H14N6OS. The first-order valence-corrected chi connectivity index (χ1v) is 8.20. The number of nitrogens with zero attached hydrogens (tertiary/aromatic N) is 5. The minimum atomic E-state index is -0.0485. The van der Waals surface area contributed by atoms with Crippen LogP contribution in [0.2, 0.25) is 0 Å². The van der Waals surface area contributed by atoms with Crippen LogP contribution in [0.1, 0.15) is 22.6 Å². The number of amides is 1. The number of benzene rings is 1. The number of aromatic nitrogens is 5. The van der Waals surface area contributed by atoms with E-state index in [4.69, 9.17) is 0 Å². The summed E-state index contributed by atoms with van der Waals surface area (Å²) in [7, 11) is 0. The van der Waals surface area contributed by atoms with E-state index in [1.54, 1.807) is 16.0 Å². The Morgan fingerprint density at radius 2 is 2.13 bits per heavy atom. The lowest BCUT2D eigenvalue weighted by Crippen LogP contribution is -2.14. The highest BCUT2D eigenvalue weighted by Crippen LogP contribution is 2.30. The second-order valence-electron chi connectivity index (χ2n) is 5.39. The van der Waals surface area contributed by atoms with Crippen molar-refractivity contribution in [2.24, 2.45) is 0 Å². The zero-order chi connectivity index (χ0) is 15.6. The highest BCUT2D eigenvalue weighted by Gasteiger charge is 2.17. The Morgan fingerprint density at radius 1 is 1.26 bits per heavy atom. The molecule has 1 aliphatic rings. The molecule has 7 nitrogen and oxygen atoms in total. The zero-order valence-corrected chi connectivity index (χ0v) is 13.1. The first-order valence-electron chi connectivity index (χ1n) is 7.39. The molecule has 1 aliphatic carbocycles. The Morgan fingerprint density at radius 3 is 2.87 bits per heavy atom. The first kappa shape index (κ1) is 14.0. The molecule has 1 N–H and O–H groups in total. The molecule has 2 aromatic heterocycles. The van der Waals surface area contributed by atoms with E-state index in [0.717, 1.165) is 29.8 Å². The van der Waals surface area contributed by atoms with Crippen molar-refractivity contribution in [2.45, 2.75) is 25.7 Å². The van der Waals surface area contributed by atoms with Gasteiger partial charge in [-0.05, 0) is 47.4 Å². The maximum atomic E-state index is 12.1. The van der Waals surface area contributed by atoms with Gasteiger partial charge in [-0.25, -0.2) is 9.67 Å². The number of hydrogen-bond donors (Lipinski definition) is 1. The fraction of sp³-hybridized carbons (Fsp3) is 0.267. The molecule has 1 aromatic carbocycles. The number of hydrogen-bond acceptors (Lipinski definition) is 6. The van der Waals surface area contributed by atoms with E-state index in [1.807, 2.05) is 24.3 Å². The van der Waals surface area contributed by atoms with Gasteiger partial charge in [0.05, 0.1) is 17.8 Å². The van der Waals surface area contributed by atoms with E-state index in [-0.39, 0.29) is 5.91 Å². The van der Waals surface area contributed by atoms with E-state index in [9.17, 15) is 4.79 Å². The van der Waals surface area contributed by atoms with Gasteiger partial charge in [-0.3, -0.25) is 4.79 Å². The van der Waals surface area contributed by atoms with Crippen LogP contribution < -0.4 is 5.32 Å². The predicted octanol–water partition coefficient (Wildman–Crippen LogP) is 1.79. The van der Waals surface area contributed by atoms with Gasteiger partial charge >= 0.3 is 0 Å². The lowest BCUT2D eigenvalue weighted by molar-refractivity contribution is -0.115. The monoisotopic (exact) mass is 326 g/mol. The molecule has 2 heterocycles. The number of thiazole rings is 1. The molecule has 8 heteroatoms. The summed E-state index contributed by atoms with van der Waals surface area (Å²) in [4.78, 5) is 17.9. The smallest absolute Gasteiger partial charge is 0.230 e. The average molecular weight is 326 g/mol. The van der Waals surface area contributed by atoms with E-state index < -0.39 is 0 Å². The molecule has 0 saturated heterocycles. The van der Waals surface area contributed by atoms with Gasteiger partial charge < -0.3 is 5.32 Å². The highest BCUT2D eigenvalue weighted by molar-refractivity contribution is 7.15. The molecular weight excluding hydrogens is 312 g/mol. The van der Waals surface area contributed by atoms with E-state index in [1.165, 1.54) is 17.6 Å². The zero-order valence-electron chi connectivity index (χ0n) is 12.3. The van der Waals surface area contributed by atoms with Crippen molar-refractivity contribution < 1.29 is 4.79 Å². The Kier molecular flexibility index (Phi) is 3.58. The third kappa shape index (κ3) is 2.98. The SMILES string of the molecule is O=C(Cc1ccc(-n2cnnn2)cc1)Nc1nc2c(s1)CCC2. The van der Waals surface area contributed by atoms with Gasteiger partial charge in [-0.1, -0.05) is 12.1 Å². The van der Waals surface area contributed by atoms with Gasteiger partial charge in [0.2, 0.25) is 5.91 Å². The summed E-state index contributed by atoms with van der Waals surface area (Å²) >= 11 is 1.59. The van der Waals surface area contributed by atoms with Crippen molar-refractivity contribution in [1.82, 2.24) is 25.2 Å². The summed E-state index contributed by atoms with van der Waals surface area (Å²) in [6, 6.07) is 7.57. The van der Waals surface area contributed by atoms with Crippen LogP contribution in [0, 0.1) is 0 Å². The van der Waals surface area contributed by atoms with Crippen LogP contribution in [0.5, 0.6) is 0 Å². The number of tetrazole rings is 1. The highest BCUT2D eigenvalue weighted by atomic mass is 32.1. The van der Waals surface area contributed by atoms with Gasteiger partial charge in [0.15, 0.2) is 5.13 Å². The van der Waals surface area contributed by atoms with Gasteiger partial charge in [-0.2, -0.15) is 0 Å². The second kappa shape index (κ2) is 5.88. The molecule has 23 heavy (non-hydrogen) atoms. The third-order valence-corrected chi connectivity index (χ3v) is 4.83. The van der Waals surface area contributed by atoms with Crippen LogP contribution in [0.25, 0.3) is 5.69 Å². The van der Waals surface area contributed by atoms with E-state index in [2.05, 4.69) is 25.8 Å². The Bertz CT molecular complexity index is 803. The van der Waals surface area contributed by atoms with Gasteiger partial charge in [-0.15, -0.1) is 16.4 Å². The fourth-order valence-corrected chi connectivity index (χ4v) is 3.70. The summed E-state index contributed by atoms with van der Waals surface area (Å²) in [5.74, 6) is -0.0485. The molecule has 0 atom stereocenters. The number of carbonyl (C=O) groups is 1. The first-order chi connectivity index (χ1) is 11.3. The number of fused-ring (bicyclic) bond motifs is 1. The Balaban J connectivity index is 1.40. The van der Waals surface area contributed by atoms with Crippen molar-refractivity contribution in [3.63, 3.8) is 0 Å². The fourth-order valence-electron chi connectivity index (χ4n) is 2.64. The van der Waals surface area contributed by atoms with Gasteiger partial charge in [0.25, 0.3) is 0 Å². The molecule has 4 rings (SSSR count). The number of nitrogens with one attached hydrogen (secondary N) is 1. The van der Waals surface area contributed by atoms with Crippen molar-refractivity contribution in [3.8, 4) is 5.69 Å². The van der Waals surface area contributed by atoms with Crippen LogP contribution in [0.4, 0.5) is 5.13 Å². The van der Waals surface area contributed by atoms with Crippen LogP contribution in [0.15, 0.2) is 30.6 Å². The summed E-state index contributed by atoms with van der Waals surface area (Å²) in [5.41, 5.74) is 2.94. The molecule has 0 spiro atoms. The second-order valence-corrected chi connectivity index (χ2v) is 6.47. The quantitative estimate of drug-likeness (QED) is 0.790. The molecule has 0 bridgehead atoms. The Labute approximate surface area is 136 Å². The van der Waals surface area contributed by atoms with E-state index >= 15 is 0 Å². The maximum Gasteiger partial charge on any atom is 0.230 e. The summed E-state index contributed by atoms with van der Waals surface area (Å²) < 4.78 is 1.57. The largest absolute Gasteiger partial charge is 0.302 e. The summed E-state index contributed by atoms with van der Waals surface area (Å²) in [5, 5.41) is 14.6. The van der Waals surface area contributed by atoms with Crippen LogP contribution in [-0.2, 0) is 24.1 Å². The number of anilines is 1. The standard InChI is InChI=1S/C15H14N6OS/c22-14(18-15-17-12-2-1-3-13(12)23-15)8-10-4-6-11(7-5-10)21-9-16-19-20-21/h4-7,9H,1-3,8H2,(H,17,18,22). The Hall–Kier alpha value is -2.61. The number of carbonyl (C=O) groups excluding carboxylic acids is 1. The lowest BCUT2D eigenvalue weighted by Gasteiger charge is -2.04. The van der Waals surface area contributed by atoms with Crippen molar-refractivity contribution in [1.29, 1.82) is 0 Å². The van der Waals surface area contributed by atoms with Crippen LogP contribution >= 0.6 is 11.3 Å². The van der Waals surface area contributed by atoms with Crippen LogP contribution in [-0.4, -0.2) is 31.1 Å². The molecule has 1 amide bonds. The molecule has 0 fully saturated rings. The molecule has 3 aromatic rings. The number of rotatable bonds is 4. The summed E-state index contributed by atoms with van der Waals surface area (Å²) in [6.07, 6.45) is 5.14. The molecule has 116 valence electrons. The van der Waals surface area contributed by atoms with Crippen molar-refractivity contribution in [2.75, 3.05) is 5.32 Å². The van der Waals surface area contributed by atoms with Crippen LogP contribution in [0.3, 0.4) is 0 Å². The van der Waals surface area contributed by atoms with Crippen molar-refractivity contribution >= 4 is 22.4 Å². The molecule has 0 radical (unpaired) electrons. The maximum absolute atomic E-state index is 12.1. The molecule has 0 unspecified atom stereocenters. The molecule has 0 aliphatic heterocycles. The lowest BCUT2D eigenvalue weighted by atomic mass is 10.1. The average Bonchev–Trinajstić information content (AvgIpc) is 3.24. The normalized spacial score (nSPS) is 13.0. The topological polar surface area (TPSA) is 85.6 Å². The predicted molar refractivity (Wildman–Crippen MR) is 85.6 cm³/mol. The van der Waals surface area contributed by atoms with Gasteiger partial charge in [0.1, 0.15) is 6.33 Å². The summed E-state index contributed by atoms with van der Waals surface area (Å²) in [6.45, 7) is 0. The minimum Gasteiger partial charge on any atom is -0.302 e. The van der Waals surface area contributed by atoms with Gasteiger partial charge in [0, 0.05) is 4.88 Å². The minimum absolute atomic E-state index is 0.0485.